The van der Waals surface area contributed by atoms with Crippen LogP contribution in [0.2, 0.25) is 0 Å². The van der Waals surface area contributed by atoms with Gasteiger partial charge in [-0.15, -0.1) is 0 Å². The Morgan fingerprint density at radius 1 is 1.20 bits per heavy atom. The summed E-state index contributed by atoms with van der Waals surface area (Å²) in [6, 6.07) is 12.4. The van der Waals surface area contributed by atoms with Crippen molar-refractivity contribution in [2.75, 3.05) is 7.11 Å². The summed E-state index contributed by atoms with van der Waals surface area (Å²) >= 11 is 0. The molecule has 0 radical (unpaired) electrons. The van der Waals surface area contributed by atoms with E-state index in [9.17, 15) is 8.42 Å². The summed E-state index contributed by atoms with van der Waals surface area (Å²) in [5.74, 6) is 1.42. The summed E-state index contributed by atoms with van der Waals surface area (Å²) in [4.78, 5) is 0.254. The lowest BCUT2D eigenvalue weighted by atomic mass is 9.94. The number of fused-ring (bicyclic) bond motifs is 1. The summed E-state index contributed by atoms with van der Waals surface area (Å²) in [5.41, 5.74) is 1.51. The van der Waals surface area contributed by atoms with E-state index < -0.39 is 10.0 Å². The van der Waals surface area contributed by atoms with Crippen LogP contribution in [0.5, 0.6) is 11.5 Å². The van der Waals surface area contributed by atoms with E-state index >= 15 is 0 Å². The first-order chi connectivity index (χ1) is 11.8. The maximum atomic E-state index is 12.6. The van der Waals surface area contributed by atoms with Crippen LogP contribution in [-0.2, 0) is 23.0 Å². The van der Waals surface area contributed by atoms with Gasteiger partial charge in [-0.05, 0) is 56.5 Å². The van der Waals surface area contributed by atoms with Gasteiger partial charge in [-0.1, -0.05) is 18.2 Å². The Labute approximate surface area is 149 Å². The van der Waals surface area contributed by atoms with Crippen LogP contribution in [0.25, 0.3) is 0 Å². The van der Waals surface area contributed by atoms with E-state index in [0.717, 1.165) is 29.7 Å². The monoisotopic (exact) mass is 361 g/mol. The third-order valence-corrected chi connectivity index (χ3v) is 5.77. The van der Waals surface area contributed by atoms with Crippen LogP contribution >= 0.6 is 0 Å². The number of aryl methyl sites for hydroxylation is 1. The minimum absolute atomic E-state index is 0.174. The highest BCUT2D eigenvalue weighted by molar-refractivity contribution is 7.89. The molecule has 1 aliphatic heterocycles. The molecule has 2 aromatic carbocycles. The molecular formula is C19H23NO4S. The third kappa shape index (κ3) is 3.96. The predicted molar refractivity (Wildman–Crippen MR) is 96.5 cm³/mol. The van der Waals surface area contributed by atoms with Gasteiger partial charge in [0.05, 0.1) is 12.0 Å². The Balaban J connectivity index is 1.79. The van der Waals surface area contributed by atoms with Crippen LogP contribution in [0.1, 0.15) is 31.4 Å². The fourth-order valence-corrected chi connectivity index (χ4v) is 3.96. The molecule has 0 saturated carbocycles. The lowest BCUT2D eigenvalue weighted by Gasteiger charge is -2.32. The minimum atomic E-state index is -3.61. The highest BCUT2D eigenvalue weighted by Crippen LogP contribution is 2.34. The van der Waals surface area contributed by atoms with Crippen molar-refractivity contribution in [3.05, 3.63) is 53.6 Å². The number of hydrogen-bond donors (Lipinski definition) is 1. The Morgan fingerprint density at radius 2 is 1.96 bits per heavy atom. The summed E-state index contributed by atoms with van der Waals surface area (Å²) in [6.45, 7) is 4.25. The van der Waals surface area contributed by atoms with Gasteiger partial charge in [-0.3, -0.25) is 0 Å². The molecule has 25 heavy (non-hydrogen) atoms. The van der Waals surface area contributed by atoms with Crippen molar-refractivity contribution in [2.24, 2.45) is 0 Å². The number of ether oxygens (including phenoxy) is 2. The maximum Gasteiger partial charge on any atom is 0.240 e. The van der Waals surface area contributed by atoms with Gasteiger partial charge < -0.3 is 9.47 Å². The average molecular weight is 361 g/mol. The second-order valence-corrected chi connectivity index (χ2v) is 8.53. The molecule has 3 rings (SSSR count). The van der Waals surface area contributed by atoms with Crippen LogP contribution in [0, 0.1) is 0 Å². The van der Waals surface area contributed by atoms with Crippen molar-refractivity contribution in [3.8, 4) is 11.5 Å². The number of benzene rings is 2. The molecule has 1 heterocycles. The smallest absolute Gasteiger partial charge is 0.240 e. The molecule has 1 N–H and O–H groups in total. The number of para-hydroxylation sites is 1. The first kappa shape index (κ1) is 17.8. The number of rotatable bonds is 5. The second kappa shape index (κ2) is 6.69. The van der Waals surface area contributed by atoms with Gasteiger partial charge in [0.15, 0.2) is 0 Å². The van der Waals surface area contributed by atoms with E-state index in [1.807, 2.05) is 38.1 Å². The van der Waals surface area contributed by atoms with Gasteiger partial charge in [0.25, 0.3) is 0 Å². The molecule has 0 spiro atoms. The molecular weight excluding hydrogens is 338 g/mol. The molecule has 0 unspecified atom stereocenters. The topological polar surface area (TPSA) is 64.6 Å². The Kier molecular flexibility index (Phi) is 4.75. The molecule has 5 nitrogen and oxygen atoms in total. The van der Waals surface area contributed by atoms with Gasteiger partial charge in [-0.2, -0.15) is 0 Å². The first-order valence-corrected chi connectivity index (χ1v) is 9.72. The highest BCUT2D eigenvalue weighted by Gasteiger charge is 2.27. The number of methoxy groups -OCH3 is 1. The van der Waals surface area contributed by atoms with Crippen LogP contribution in [-0.4, -0.2) is 21.1 Å². The number of nitrogens with one attached hydrogen (secondary N) is 1. The Morgan fingerprint density at radius 3 is 2.72 bits per heavy atom. The lowest BCUT2D eigenvalue weighted by molar-refractivity contribution is 0.0845. The van der Waals surface area contributed by atoms with Gasteiger partial charge in [0, 0.05) is 12.1 Å². The standard InChI is InChI=1S/C19H23NO4S/c1-19(2)11-10-14-12-16(8-9-18(14)24-19)25(21,22)20-13-15-6-4-5-7-17(15)23-3/h4-9,12,20H,10-11,13H2,1-3H3. The quantitative estimate of drug-likeness (QED) is 0.888. The van der Waals surface area contributed by atoms with Crippen molar-refractivity contribution in [1.29, 1.82) is 0 Å². The summed E-state index contributed by atoms with van der Waals surface area (Å²) < 4.78 is 39.1. The van der Waals surface area contributed by atoms with Crippen molar-refractivity contribution in [2.45, 2.75) is 43.7 Å². The van der Waals surface area contributed by atoms with Crippen LogP contribution in [0.4, 0.5) is 0 Å². The highest BCUT2D eigenvalue weighted by atomic mass is 32.2. The van der Waals surface area contributed by atoms with Crippen LogP contribution in [0.15, 0.2) is 47.4 Å². The normalized spacial score (nSPS) is 16.0. The van der Waals surface area contributed by atoms with Gasteiger partial charge in [0.2, 0.25) is 10.0 Å². The summed E-state index contributed by atoms with van der Waals surface area (Å²) in [6.07, 6.45) is 1.66. The molecule has 0 atom stereocenters. The van der Waals surface area contributed by atoms with E-state index in [0.29, 0.717) is 5.75 Å². The molecule has 0 aliphatic carbocycles. The Hall–Kier alpha value is -2.05. The summed E-state index contributed by atoms with van der Waals surface area (Å²) in [5, 5.41) is 0. The van der Waals surface area contributed by atoms with Crippen LogP contribution < -0.4 is 14.2 Å². The largest absolute Gasteiger partial charge is 0.496 e. The van der Waals surface area contributed by atoms with Gasteiger partial charge in [-0.25, -0.2) is 13.1 Å². The third-order valence-electron chi connectivity index (χ3n) is 4.37. The number of hydrogen-bond acceptors (Lipinski definition) is 4. The first-order valence-electron chi connectivity index (χ1n) is 8.24. The molecule has 134 valence electrons. The SMILES string of the molecule is COc1ccccc1CNS(=O)(=O)c1ccc2c(c1)CCC(C)(C)O2. The van der Waals surface area contributed by atoms with Crippen molar-refractivity contribution < 1.29 is 17.9 Å². The van der Waals surface area contributed by atoms with E-state index in [2.05, 4.69) is 4.72 Å². The van der Waals surface area contributed by atoms with E-state index in [-0.39, 0.29) is 17.0 Å². The van der Waals surface area contributed by atoms with Crippen molar-refractivity contribution in [3.63, 3.8) is 0 Å². The van der Waals surface area contributed by atoms with E-state index in [4.69, 9.17) is 9.47 Å². The fourth-order valence-electron chi connectivity index (χ4n) is 2.91. The van der Waals surface area contributed by atoms with Crippen molar-refractivity contribution >= 4 is 10.0 Å². The molecule has 2 aromatic rings. The zero-order valence-corrected chi connectivity index (χ0v) is 15.5. The van der Waals surface area contributed by atoms with Crippen LogP contribution in [0.3, 0.4) is 0 Å². The molecule has 0 amide bonds. The summed E-state index contributed by atoms with van der Waals surface area (Å²) in [7, 11) is -2.04. The molecule has 0 fully saturated rings. The molecule has 1 aliphatic rings. The number of sulfonamides is 1. The fraction of sp³-hybridized carbons (Fsp3) is 0.368. The Bertz CT molecular complexity index is 875. The average Bonchev–Trinajstić information content (AvgIpc) is 2.59. The zero-order valence-electron chi connectivity index (χ0n) is 14.7. The predicted octanol–water partition coefficient (Wildman–Crippen LogP) is 3.28. The minimum Gasteiger partial charge on any atom is -0.496 e. The van der Waals surface area contributed by atoms with E-state index in [1.165, 1.54) is 0 Å². The van der Waals surface area contributed by atoms with Gasteiger partial charge in [0.1, 0.15) is 17.1 Å². The zero-order chi connectivity index (χ0) is 18.1. The molecule has 0 bridgehead atoms. The lowest BCUT2D eigenvalue weighted by Crippen LogP contribution is -2.32. The van der Waals surface area contributed by atoms with E-state index in [1.54, 1.807) is 25.3 Å². The molecule has 6 heteroatoms. The van der Waals surface area contributed by atoms with Crippen molar-refractivity contribution in [1.82, 2.24) is 4.72 Å². The van der Waals surface area contributed by atoms with Gasteiger partial charge >= 0.3 is 0 Å². The maximum absolute atomic E-state index is 12.6. The molecule has 0 saturated heterocycles. The second-order valence-electron chi connectivity index (χ2n) is 6.77. The molecule has 0 aromatic heterocycles.